The molecule has 128 valence electrons. The number of nitrogens with one attached hydrogen (secondary N) is 3. The molecule has 1 aromatic carbocycles. The summed E-state index contributed by atoms with van der Waals surface area (Å²) in [7, 11) is 0. The second-order valence-corrected chi connectivity index (χ2v) is 4.60. The van der Waals surface area contributed by atoms with E-state index in [2.05, 4.69) is 20.9 Å². The van der Waals surface area contributed by atoms with Crippen LogP contribution in [0, 0.1) is 0 Å². The van der Waals surface area contributed by atoms with E-state index in [1.165, 1.54) is 12.1 Å². The van der Waals surface area contributed by atoms with Crippen LogP contribution in [-0.2, 0) is 9.47 Å². The highest BCUT2D eigenvalue weighted by Crippen LogP contribution is 2.23. The Morgan fingerprint density at radius 2 is 2.00 bits per heavy atom. The van der Waals surface area contributed by atoms with Crippen LogP contribution in [0.15, 0.2) is 24.3 Å². The summed E-state index contributed by atoms with van der Waals surface area (Å²) in [5.41, 5.74) is 5.29. The fourth-order valence-electron chi connectivity index (χ4n) is 1.77. The van der Waals surface area contributed by atoms with Gasteiger partial charge in [0.05, 0.1) is 31.6 Å². The fraction of sp³-hybridized carbons (Fsp3) is 0.462. The van der Waals surface area contributed by atoms with Crippen molar-refractivity contribution < 1.29 is 32.2 Å². The zero-order valence-electron chi connectivity index (χ0n) is 12.0. The van der Waals surface area contributed by atoms with Gasteiger partial charge in [0, 0.05) is 6.54 Å². The summed E-state index contributed by atoms with van der Waals surface area (Å²) >= 11 is 0. The average Bonchev–Trinajstić information content (AvgIpc) is 2.52. The Morgan fingerprint density at radius 3 is 2.61 bits per heavy atom. The lowest BCUT2D eigenvalue weighted by atomic mass is 10.3. The van der Waals surface area contributed by atoms with E-state index in [0.717, 1.165) is 12.1 Å². The van der Waals surface area contributed by atoms with Gasteiger partial charge in [-0.1, -0.05) is 0 Å². The predicted molar refractivity (Wildman–Crippen MR) is 73.8 cm³/mol. The van der Waals surface area contributed by atoms with E-state index in [0.29, 0.717) is 25.5 Å². The van der Waals surface area contributed by atoms with Gasteiger partial charge in [0.1, 0.15) is 5.75 Å². The van der Waals surface area contributed by atoms with Gasteiger partial charge in [-0.15, -0.1) is 13.2 Å². The first-order valence-corrected chi connectivity index (χ1v) is 6.77. The maximum absolute atomic E-state index is 12.0. The molecular weight excluding hydrogens is 319 g/mol. The molecule has 23 heavy (non-hydrogen) atoms. The van der Waals surface area contributed by atoms with Crippen molar-refractivity contribution >= 4 is 11.7 Å². The Labute approximate surface area is 130 Å². The van der Waals surface area contributed by atoms with E-state index in [-0.39, 0.29) is 18.4 Å². The second kappa shape index (κ2) is 7.88. The second-order valence-electron chi connectivity index (χ2n) is 4.60. The molecule has 0 spiro atoms. The highest BCUT2D eigenvalue weighted by atomic mass is 19.4. The van der Waals surface area contributed by atoms with Crippen LogP contribution in [0.5, 0.6) is 5.75 Å². The number of rotatable bonds is 5. The summed E-state index contributed by atoms with van der Waals surface area (Å²) in [5, 5.41) is 2.57. The van der Waals surface area contributed by atoms with Crippen LogP contribution in [0.2, 0.25) is 0 Å². The van der Waals surface area contributed by atoms with Gasteiger partial charge in [-0.3, -0.25) is 10.9 Å². The van der Waals surface area contributed by atoms with Crippen LogP contribution >= 0.6 is 0 Å². The van der Waals surface area contributed by atoms with Gasteiger partial charge >= 0.3 is 12.4 Å². The molecule has 1 heterocycles. The monoisotopic (exact) mass is 335 g/mol. The quantitative estimate of drug-likeness (QED) is 0.713. The Hall–Kier alpha value is -2.20. The molecule has 2 rings (SSSR count). The Morgan fingerprint density at radius 1 is 1.26 bits per heavy atom. The molecule has 1 fully saturated rings. The van der Waals surface area contributed by atoms with Crippen molar-refractivity contribution in [2.24, 2.45) is 0 Å². The third kappa shape index (κ3) is 6.61. The van der Waals surface area contributed by atoms with E-state index in [1.807, 2.05) is 0 Å². The van der Waals surface area contributed by atoms with Crippen LogP contribution in [0.25, 0.3) is 0 Å². The minimum atomic E-state index is -4.74. The largest absolute Gasteiger partial charge is 0.573 e. The molecular formula is C13H16F3N3O4. The molecule has 0 radical (unpaired) electrons. The third-order valence-electron chi connectivity index (χ3n) is 2.78. The number of halogens is 3. The Bertz CT molecular complexity index is 504. The van der Waals surface area contributed by atoms with Crippen molar-refractivity contribution in [3.05, 3.63) is 24.3 Å². The van der Waals surface area contributed by atoms with Gasteiger partial charge in [-0.25, -0.2) is 4.79 Å². The number of amides is 2. The SMILES string of the molecule is O=C(NC[C@@H]1COCCO1)NNc1ccc(OC(F)(F)F)cc1. The van der Waals surface area contributed by atoms with Gasteiger partial charge in [0.25, 0.3) is 0 Å². The summed E-state index contributed by atoms with van der Waals surface area (Å²) in [6.45, 7) is 1.72. The van der Waals surface area contributed by atoms with Crippen LogP contribution < -0.4 is 20.9 Å². The minimum absolute atomic E-state index is 0.201. The molecule has 10 heteroatoms. The molecule has 0 bridgehead atoms. The van der Waals surface area contributed by atoms with Gasteiger partial charge in [-0.2, -0.15) is 0 Å². The van der Waals surface area contributed by atoms with Crippen molar-refractivity contribution in [1.82, 2.24) is 10.7 Å². The van der Waals surface area contributed by atoms with E-state index in [9.17, 15) is 18.0 Å². The zero-order chi connectivity index (χ0) is 16.7. The van der Waals surface area contributed by atoms with Crippen molar-refractivity contribution in [2.45, 2.75) is 12.5 Å². The van der Waals surface area contributed by atoms with Crippen LogP contribution in [0.1, 0.15) is 0 Å². The normalized spacial score (nSPS) is 18.1. The van der Waals surface area contributed by atoms with Crippen molar-refractivity contribution in [2.75, 3.05) is 31.8 Å². The zero-order valence-corrected chi connectivity index (χ0v) is 12.0. The number of carbonyl (C=O) groups excluding carboxylic acids is 1. The molecule has 1 aromatic rings. The smallest absolute Gasteiger partial charge is 0.406 e. The summed E-state index contributed by atoms with van der Waals surface area (Å²) in [6.07, 6.45) is -4.94. The van der Waals surface area contributed by atoms with E-state index in [1.54, 1.807) is 0 Å². The van der Waals surface area contributed by atoms with E-state index >= 15 is 0 Å². The van der Waals surface area contributed by atoms with Gasteiger partial charge in [-0.05, 0) is 24.3 Å². The topological polar surface area (TPSA) is 80.9 Å². The number of hydrogen-bond acceptors (Lipinski definition) is 5. The molecule has 0 saturated carbocycles. The van der Waals surface area contributed by atoms with Crippen molar-refractivity contribution in [3.63, 3.8) is 0 Å². The molecule has 2 amide bonds. The molecule has 3 N–H and O–H groups in total. The fourth-order valence-corrected chi connectivity index (χ4v) is 1.77. The summed E-state index contributed by atoms with van der Waals surface area (Å²) in [6, 6.07) is 4.42. The summed E-state index contributed by atoms with van der Waals surface area (Å²) < 4.78 is 50.3. The number of alkyl halides is 3. The van der Waals surface area contributed by atoms with E-state index in [4.69, 9.17) is 9.47 Å². The number of hydrogen-bond donors (Lipinski definition) is 3. The average molecular weight is 335 g/mol. The van der Waals surface area contributed by atoms with Crippen LogP contribution in [0.3, 0.4) is 0 Å². The highest BCUT2D eigenvalue weighted by Gasteiger charge is 2.30. The van der Waals surface area contributed by atoms with Gasteiger partial charge in [0.15, 0.2) is 0 Å². The summed E-state index contributed by atoms with van der Waals surface area (Å²) in [5.74, 6) is -0.345. The standard InChI is InChI=1S/C13H16F3N3O4/c14-13(15,16)23-10-3-1-9(2-4-10)18-19-12(20)17-7-11-8-21-5-6-22-11/h1-4,11,18H,5-8H2,(H2,17,19,20)/t11-/m1/s1. The molecule has 0 aromatic heterocycles. The molecule has 1 saturated heterocycles. The number of ether oxygens (including phenoxy) is 3. The number of hydrazine groups is 1. The molecule has 7 nitrogen and oxygen atoms in total. The van der Waals surface area contributed by atoms with E-state index < -0.39 is 12.4 Å². The van der Waals surface area contributed by atoms with Gasteiger partial charge in [0.2, 0.25) is 0 Å². The molecule has 1 aliphatic heterocycles. The Kier molecular flexibility index (Phi) is 5.88. The number of benzene rings is 1. The number of carbonyl (C=O) groups is 1. The number of urea groups is 1. The lowest BCUT2D eigenvalue weighted by Crippen LogP contribution is -2.45. The van der Waals surface area contributed by atoms with Crippen molar-refractivity contribution in [3.8, 4) is 5.75 Å². The first-order chi connectivity index (χ1) is 10.9. The number of anilines is 1. The first-order valence-electron chi connectivity index (χ1n) is 6.77. The maximum Gasteiger partial charge on any atom is 0.573 e. The molecule has 0 aliphatic carbocycles. The first kappa shape index (κ1) is 17.2. The minimum Gasteiger partial charge on any atom is -0.406 e. The molecule has 1 atom stereocenters. The lowest BCUT2D eigenvalue weighted by molar-refractivity contribution is -0.274. The third-order valence-corrected chi connectivity index (χ3v) is 2.78. The maximum atomic E-state index is 12.0. The van der Waals surface area contributed by atoms with Gasteiger partial charge < -0.3 is 19.5 Å². The molecule has 0 unspecified atom stereocenters. The predicted octanol–water partition coefficient (Wildman–Crippen LogP) is 1.63. The van der Waals surface area contributed by atoms with Crippen molar-refractivity contribution in [1.29, 1.82) is 0 Å². The highest BCUT2D eigenvalue weighted by molar-refractivity contribution is 5.75. The van der Waals surface area contributed by atoms with Crippen LogP contribution in [-0.4, -0.2) is 44.9 Å². The lowest BCUT2D eigenvalue weighted by Gasteiger charge is -2.23. The Balaban J connectivity index is 1.69. The molecule has 1 aliphatic rings. The summed E-state index contributed by atoms with van der Waals surface area (Å²) in [4.78, 5) is 11.6. The van der Waals surface area contributed by atoms with Crippen LogP contribution in [0.4, 0.5) is 23.7 Å².